The Morgan fingerprint density at radius 2 is 1.78 bits per heavy atom. The number of nitrogens with zero attached hydrogens (tertiary/aromatic N) is 2. The summed E-state index contributed by atoms with van der Waals surface area (Å²) >= 11 is 1.12. The number of pyridine rings is 1. The second-order valence-electron chi connectivity index (χ2n) is 6.13. The van der Waals surface area contributed by atoms with Gasteiger partial charge in [0.25, 0.3) is 0 Å². The predicted molar refractivity (Wildman–Crippen MR) is 103 cm³/mol. The number of benzene rings is 1. The minimum absolute atomic E-state index is 0.157. The number of rotatable bonds is 5. The number of carbonyl (C=O) groups excluding carboxylic acids is 1. The third kappa shape index (κ3) is 3.85. The van der Waals surface area contributed by atoms with Crippen molar-refractivity contribution < 1.29 is 14.1 Å². The molecule has 1 N–H and O–H groups in total. The number of nitrogens with one attached hydrogen (secondary N) is 1. The van der Waals surface area contributed by atoms with E-state index in [-0.39, 0.29) is 22.5 Å². The summed E-state index contributed by atoms with van der Waals surface area (Å²) in [5, 5.41) is 14.7. The van der Waals surface area contributed by atoms with Gasteiger partial charge in [0.05, 0.1) is 15.4 Å². The Morgan fingerprint density at radius 1 is 1.15 bits per heavy atom. The van der Waals surface area contributed by atoms with Crippen LogP contribution in [0.25, 0.3) is 21.6 Å². The maximum absolute atomic E-state index is 13.4. The van der Waals surface area contributed by atoms with Crippen molar-refractivity contribution in [2.75, 3.05) is 5.32 Å². The summed E-state index contributed by atoms with van der Waals surface area (Å²) in [7, 11) is 0. The van der Waals surface area contributed by atoms with E-state index in [9.17, 15) is 19.3 Å². The topological polar surface area (TPSA) is 85.1 Å². The number of hydrogen-bond acceptors (Lipinski definition) is 5. The van der Waals surface area contributed by atoms with E-state index < -0.39 is 10.7 Å². The molecule has 0 aliphatic rings. The average Bonchev–Trinajstić information content (AvgIpc) is 3.02. The van der Waals surface area contributed by atoms with E-state index in [4.69, 9.17) is 0 Å². The molecule has 3 rings (SSSR count). The molecular formula is C19H16FN3O3S. The van der Waals surface area contributed by atoms with Gasteiger partial charge in [-0.25, -0.2) is 4.39 Å². The van der Waals surface area contributed by atoms with Gasteiger partial charge in [0.1, 0.15) is 5.82 Å². The van der Waals surface area contributed by atoms with Crippen molar-refractivity contribution in [3.8, 4) is 21.6 Å². The van der Waals surface area contributed by atoms with Crippen molar-refractivity contribution in [1.82, 2.24) is 4.98 Å². The molecule has 1 amide bonds. The lowest BCUT2D eigenvalue weighted by Gasteiger charge is -2.05. The van der Waals surface area contributed by atoms with Crippen molar-refractivity contribution in [3.63, 3.8) is 0 Å². The first-order chi connectivity index (χ1) is 12.9. The highest BCUT2D eigenvalue weighted by atomic mass is 32.1. The molecule has 0 saturated heterocycles. The maximum atomic E-state index is 13.4. The van der Waals surface area contributed by atoms with E-state index >= 15 is 0 Å². The molecule has 138 valence electrons. The number of amides is 1. The maximum Gasteiger partial charge on any atom is 0.312 e. The van der Waals surface area contributed by atoms with Crippen LogP contribution in [-0.4, -0.2) is 15.8 Å². The van der Waals surface area contributed by atoms with E-state index in [0.717, 1.165) is 16.9 Å². The van der Waals surface area contributed by atoms with E-state index in [0.29, 0.717) is 16.0 Å². The van der Waals surface area contributed by atoms with Gasteiger partial charge in [-0.2, -0.15) is 0 Å². The van der Waals surface area contributed by atoms with E-state index in [1.807, 2.05) is 0 Å². The Bertz CT molecular complexity index is 985. The fraction of sp³-hybridized carbons (Fsp3) is 0.158. The van der Waals surface area contributed by atoms with Gasteiger partial charge in [-0.3, -0.25) is 19.9 Å². The zero-order valence-electron chi connectivity index (χ0n) is 14.6. The summed E-state index contributed by atoms with van der Waals surface area (Å²) in [5.41, 5.74) is 1.36. The first-order valence-electron chi connectivity index (χ1n) is 8.17. The zero-order valence-corrected chi connectivity index (χ0v) is 15.4. The number of aromatic nitrogens is 1. The molecule has 0 spiro atoms. The molecule has 0 unspecified atom stereocenters. The third-order valence-electron chi connectivity index (χ3n) is 3.90. The minimum atomic E-state index is -0.518. The van der Waals surface area contributed by atoms with Crippen LogP contribution in [0.3, 0.4) is 0 Å². The van der Waals surface area contributed by atoms with Gasteiger partial charge < -0.3 is 5.32 Å². The molecule has 0 aliphatic heterocycles. The monoisotopic (exact) mass is 385 g/mol. The number of thiophene rings is 1. The Balaban J connectivity index is 2.26. The second-order valence-corrected chi connectivity index (χ2v) is 7.15. The molecule has 0 atom stereocenters. The summed E-state index contributed by atoms with van der Waals surface area (Å²) in [6.07, 6.45) is 3.17. The molecule has 0 saturated carbocycles. The summed E-state index contributed by atoms with van der Waals surface area (Å²) in [5.74, 6) is -1.08. The Hall–Kier alpha value is -3.13. The van der Waals surface area contributed by atoms with Crippen LogP contribution in [0.15, 0.2) is 48.8 Å². The van der Waals surface area contributed by atoms with Crippen molar-refractivity contribution in [1.29, 1.82) is 0 Å². The Morgan fingerprint density at radius 3 is 2.33 bits per heavy atom. The fourth-order valence-electron chi connectivity index (χ4n) is 2.53. The van der Waals surface area contributed by atoms with E-state index in [1.54, 1.807) is 38.4 Å². The molecule has 3 aromatic rings. The summed E-state index contributed by atoms with van der Waals surface area (Å²) in [6.45, 7) is 3.42. The lowest BCUT2D eigenvalue weighted by Crippen LogP contribution is -2.17. The van der Waals surface area contributed by atoms with Gasteiger partial charge in [0, 0.05) is 18.3 Å². The normalized spacial score (nSPS) is 10.8. The molecule has 6 nitrogen and oxygen atoms in total. The van der Waals surface area contributed by atoms with Crippen LogP contribution in [0.4, 0.5) is 15.1 Å². The number of hydrogen-bond donors (Lipinski definition) is 1. The van der Waals surface area contributed by atoms with Crippen LogP contribution in [0.5, 0.6) is 0 Å². The van der Waals surface area contributed by atoms with Crippen LogP contribution in [0.2, 0.25) is 0 Å². The quantitative estimate of drug-likeness (QED) is 0.488. The second kappa shape index (κ2) is 7.63. The summed E-state index contributed by atoms with van der Waals surface area (Å²) in [6, 6.07) is 8.94. The molecular weight excluding hydrogens is 369 g/mol. The smallest absolute Gasteiger partial charge is 0.312 e. The molecule has 0 bridgehead atoms. The van der Waals surface area contributed by atoms with Crippen LogP contribution >= 0.6 is 11.3 Å². The highest BCUT2D eigenvalue weighted by molar-refractivity contribution is 7.21. The third-order valence-corrected chi connectivity index (χ3v) is 5.05. The van der Waals surface area contributed by atoms with Crippen molar-refractivity contribution in [2.24, 2.45) is 5.92 Å². The first-order valence-corrected chi connectivity index (χ1v) is 8.98. The zero-order chi connectivity index (χ0) is 19.6. The first kappa shape index (κ1) is 18.7. The lowest BCUT2D eigenvalue weighted by atomic mass is 10.0. The molecule has 0 aliphatic carbocycles. The van der Waals surface area contributed by atoms with Gasteiger partial charge in [-0.05, 0) is 35.4 Å². The van der Waals surface area contributed by atoms with E-state index in [2.05, 4.69) is 10.3 Å². The average molecular weight is 385 g/mol. The summed E-state index contributed by atoms with van der Waals surface area (Å²) in [4.78, 5) is 28.1. The number of halogens is 1. The SMILES string of the molecule is CC(C)C(=O)Nc1sc(-c2ccncc2)c(-c2ccc(F)cc2)c1[N+](=O)[O-]. The molecule has 8 heteroatoms. The predicted octanol–water partition coefficient (Wildman–Crippen LogP) is 5.12. The molecule has 2 heterocycles. The van der Waals surface area contributed by atoms with Gasteiger partial charge in [-0.15, -0.1) is 11.3 Å². The minimum Gasteiger partial charge on any atom is -0.312 e. The van der Waals surface area contributed by atoms with Crippen molar-refractivity contribution in [2.45, 2.75) is 13.8 Å². The van der Waals surface area contributed by atoms with Gasteiger partial charge in [0.2, 0.25) is 5.91 Å². The van der Waals surface area contributed by atoms with Crippen LogP contribution in [0.1, 0.15) is 13.8 Å². The standard InChI is InChI=1S/C19H16FN3O3S/c1-11(2)18(24)22-19-16(23(25)26)15(12-3-5-14(20)6-4-12)17(27-19)13-7-9-21-10-8-13/h3-11H,1-2H3,(H,22,24). The van der Waals surface area contributed by atoms with Crippen molar-refractivity contribution >= 4 is 27.9 Å². The van der Waals surface area contributed by atoms with Crippen molar-refractivity contribution in [3.05, 3.63) is 64.7 Å². The van der Waals surface area contributed by atoms with Gasteiger partial charge >= 0.3 is 5.69 Å². The number of carbonyl (C=O) groups is 1. The van der Waals surface area contributed by atoms with Crippen LogP contribution < -0.4 is 5.32 Å². The van der Waals surface area contributed by atoms with Gasteiger partial charge in [0.15, 0.2) is 5.00 Å². The molecule has 1 aromatic carbocycles. The van der Waals surface area contributed by atoms with Crippen LogP contribution in [-0.2, 0) is 4.79 Å². The molecule has 27 heavy (non-hydrogen) atoms. The Kier molecular flexibility index (Phi) is 5.27. The molecule has 0 fully saturated rings. The highest BCUT2D eigenvalue weighted by Crippen LogP contribution is 2.50. The number of anilines is 1. The van der Waals surface area contributed by atoms with Gasteiger partial charge in [-0.1, -0.05) is 26.0 Å². The largest absolute Gasteiger partial charge is 0.312 e. The highest BCUT2D eigenvalue weighted by Gasteiger charge is 2.30. The fourth-order valence-corrected chi connectivity index (χ4v) is 3.73. The lowest BCUT2D eigenvalue weighted by molar-refractivity contribution is -0.382. The summed E-state index contributed by atoms with van der Waals surface area (Å²) < 4.78 is 13.4. The van der Waals surface area contributed by atoms with Crippen LogP contribution in [0, 0.1) is 21.8 Å². The number of nitro groups is 1. The Labute approximate surface area is 158 Å². The van der Waals surface area contributed by atoms with E-state index in [1.165, 1.54) is 24.3 Å². The molecule has 2 aromatic heterocycles. The molecule has 0 radical (unpaired) electrons.